The number of aryl methyl sites for hydroxylation is 2. The van der Waals surface area contributed by atoms with Crippen LogP contribution in [0.15, 0.2) is 10.6 Å². The first-order valence-corrected chi connectivity index (χ1v) is 7.68. The van der Waals surface area contributed by atoms with Crippen molar-refractivity contribution in [2.24, 2.45) is 5.92 Å². The molecule has 3 rings (SSSR count). The van der Waals surface area contributed by atoms with Gasteiger partial charge >= 0.3 is 0 Å². The molecule has 0 radical (unpaired) electrons. The first kappa shape index (κ1) is 14.3. The lowest BCUT2D eigenvalue weighted by Crippen LogP contribution is -2.30. The van der Waals surface area contributed by atoms with E-state index >= 15 is 0 Å². The van der Waals surface area contributed by atoms with Crippen LogP contribution in [0.3, 0.4) is 0 Å². The molecule has 6 heteroatoms. The van der Waals surface area contributed by atoms with Gasteiger partial charge in [-0.2, -0.15) is 0 Å². The molecule has 114 valence electrons. The molecule has 2 aromatic heterocycles. The normalized spacial score (nSPS) is 18.2. The second-order valence-corrected chi connectivity index (χ2v) is 6.21. The van der Waals surface area contributed by atoms with Crippen molar-refractivity contribution in [1.29, 1.82) is 0 Å². The van der Waals surface area contributed by atoms with Crippen LogP contribution in [0, 0.1) is 12.8 Å². The molecule has 0 saturated carbocycles. The zero-order valence-corrected chi connectivity index (χ0v) is 13.0. The fourth-order valence-corrected chi connectivity index (χ4v) is 2.91. The highest BCUT2D eigenvalue weighted by Crippen LogP contribution is 2.23. The van der Waals surface area contributed by atoms with E-state index in [9.17, 15) is 0 Å². The number of rotatable bonds is 5. The molecule has 21 heavy (non-hydrogen) atoms. The van der Waals surface area contributed by atoms with Crippen LogP contribution in [0.5, 0.6) is 0 Å². The molecule has 0 bridgehead atoms. The van der Waals surface area contributed by atoms with Gasteiger partial charge in [-0.3, -0.25) is 0 Å². The van der Waals surface area contributed by atoms with Crippen LogP contribution in [-0.2, 0) is 19.5 Å². The van der Waals surface area contributed by atoms with Gasteiger partial charge in [0, 0.05) is 31.5 Å². The van der Waals surface area contributed by atoms with Gasteiger partial charge in [-0.1, -0.05) is 19.0 Å². The maximum absolute atomic E-state index is 5.21. The van der Waals surface area contributed by atoms with Crippen molar-refractivity contribution in [3.63, 3.8) is 0 Å². The van der Waals surface area contributed by atoms with E-state index in [-0.39, 0.29) is 0 Å². The average Bonchev–Trinajstić information content (AvgIpc) is 3.04. The van der Waals surface area contributed by atoms with Crippen molar-refractivity contribution in [3.05, 3.63) is 29.2 Å². The molecule has 0 amide bonds. The van der Waals surface area contributed by atoms with Gasteiger partial charge < -0.3 is 14.4 Å². The molecule has 2 aromatic rings. The minimum absolute atomic E-state index is 0.426. The average molecular weight is 289 g/mol. The van der Waals surface area contributed by atoms with E-state index in [1.165, 1.54) is 6.42 Å². The maximum Gasteiger partial charge on any atom is 0.150 e. The highest BCUT2D eigenvalue weighted by Gasteiger charge is 2.23. The molecule has 0 spiro atoms. The second-order valence-electron chi connectivity index (χ2n) is 6.21. The number of hydrogen-bond acceptors (Lipinski definition) is 5. The first-order valence-electron chi connectivity index (χ1n) is 7.68. The van der Waals surface area contributed by atoms with E-state index in [2.05, 4.69) is 39.1 Å². The zero-order valence-electron chi connectivity index (χ0n) is 13.0. The highest BCUT2D eigenvalue weighted by atomic mass is 16.5. The Kier molecular flexibility index (Phi) is 4.05. The van der Waals surface area contributed by atoms with Gasteiger partial charge in [-0.15, -0.1) is 10.2 Å². The van der Waals surface area contributed by atoms with Gasteiger partial charge in [0.05, 0.1) is 12.2 Å². The molecule has 1 aliphatic rings. The van der Waals surface area contributed by atoms with E-state index in [1.54, 1.807) is 0 Å². The molecule has 0 aromatic carbocycles. The summed E-state index contributed by atoms with van der Waals surface area (Å²) < 4.78 is 7.52. The van der Waals surface area contributed by atoms with Gasteiger partial charge in [-0.05, 0) is 19.3 Å². The Morgan fingerprint density at radius 1 is 1.43 bits per heavy atom. The van der Waals surface area contributed by atoms with Gasteiger partial charge in [0.1, 0.15) is 11.6 Å². The third-order valence-corrected chi connectivity index (χ3v) is 4.00. The molecule has 1 aliphatic heterocycles. The number of hydrogen-bond donors (Lipinski definition) is 1. The lowest BCUT2D eigenvalue weighted by molar-refractivity contribution is 0.324. The lowest BCUT2D eigenvalue weighted by Gasteiger charge is -2.25. The summed E-state index contributed by atoms with van der Waals surface area (Å²) >= 11 is 0. The number of nitrogens with one attached hydrogen (secondary N) is 1. The molecule has 1 N–H and O–H groups in total. The van der Waals surface area contributed by atoms with Crippen molar-refractivity contribution in [1.82, 2.24) is 25.2 Å². The monoisotopic (exact) mass is 289 g/mol. The highest BCUT2D eigenvalue weighted by molar-refractivity contribution is 5.04. The Hall–Kier alpha value is -1.69. The van der Waals surface area contributed by atoms with Gasteiger partial charge in [0.2, 0.25) is 0 Å². The molecular formula is C15H23N5O. The summed E-state index contributed by atoms with van der Waals surface area (Å²) in [7, 11) is 0. The second kappa shape index (κ2) is 5.97. The Morgan fingerprint density at radius 2 is 2.29 bits per heavy atom. The van der Waals surface area contributed by atoms with Gasteiger partial charge in [-0.25, -0.2) is 0 Å². The summed E-state index contributed by atoms with van der Waals surface area (Å²) in [5.74, 6) is 4.20. The van der Waals surface area contributed by atoms with Crippen LogP contribution in [0.25, 0.3) is 0 Å². The third kappa shape index (κ3) is 3.15. The zero-order chi connectivity index (χ0) is 14.8. The Balaban J connectivity index is 1.55. The van der Waals surface area contributed by atoms with Crippen molar-refractivity contribution >= 4 is 0 Å². The Labute approximate surface area is 124 Å². The van der Waals surface area contributed by atoms with Crippen molar-refractivity contribution in [2.75, 3.05) is 6.54 Å². The summed E-state index contributed by atoms with van der Waals surface area (Å²) in [6, 6.07) is 1.97. The quantitative estimate of drug-likeness (QED) is 0.912. The Morgan fingerprint density at radius 3 is 3.00 bits per heavy atom. The topological polar surface area (TPSA) is 68.8 Å². The number of aromatic nitrogens is 4. The fourth-order valence-electron chi connectivity index (χ4n) is 2.91. The van der Waals surface area contributed by atoms with Crippen molar-refractivity contribution in [2.45, 2.75) is 52.6 Å². The molecule has 0 unspecified atom stereocenters. The third-order valence-electron chi connectivity index (χ3n) is 4.00. The van der Waals surface area contributed by atoms with Crippen LogP contribution in [-0.4, -0.2) is 26.5 Å². The smallest absolute Gasteiger partial charge is 0.150 e. The van der Waals surface area contributed by atoms with E-state index in [4.69, 9.17) is 4.52 Å². The van der Waals surface area contributed by atoms with E-state index in [0.29, 0.717) is 11.8 Å². The van der Waals surface area contributed by atoms with Gasteiger partial charge in [0.15, 0.2) is 5.76 Å². The predicted octanol–water partition coefficient (Wildman–Crippen LogP) is 2.05. The summed E-state index contributed by atoms with van der Waals surface area (Å²) in [6.45, 7) is 9.02. The number of fused-ring (bicyclic) bond motifs is 1. The molecule has 3 heterocycles. The SMILES string of the molecule is Cc1cc(CNC[C@H]2CCc3nnc(C(C)C)n3C2)on1. The van der Waals surface area contributed by atoms with Crippen LogP contribution in [0.1, 0.15) is 49.3 Å². The first-order chi connectivity index (χ1) is 10.1. The van der Waals surface area contributed by atoms with E-state index in [0.717, 1.165) is 49.2 Å². The summed E-state index contributed by atoms with van der Waals surface area (Å²) in [4.78, 5) is 0. The minimum atomic E-state index is 0.426. The largest absolute Gasteiger partial charge is 0.360 e. The van der Waals surface area contributed by atoms with Crippen LogP contribution < -0.4 is 5.32 Å². The predicted molar refractivity (Wildman–Crippen MR) is 78.9 cm³/mol. The molecule has 0 fully saturated rings. The summed E-state index contributed by atoms with van der Waals surface area (Å²) in [5.41, 5.74) is 0.931. The molecule has 0 saturated heterocycles. The van der Waals surface area contributed by atoms with Gasteiger partial charge in [0.25, 0.3) is 0 Å². The van der Waals surface area contributed by atoms with E-state index < -0.39 is 0 Å². The van der Waals surface area contributed by atoms with Crippen LogP contribution >= 0.6 is 0 Å². The minimum Gasteiger partial charge on any atom is -0.360 e. The molecule has 0 aliphatic carbocycles. The van der Waals surface area contributed by atoms with Crippen molar-refractivity contribution < 1.29 is 4.52 Å². The fraction of sp³-hybridized carbons (Fsp3) is 0.667. The molecule has 6 nitrogen and oxygen atoms in total. The summed E-state index contributed by atoms with van der Waals surface area (Å²) in [5, 5.41) is 16.0. The summed E-state index contributed by atoms with van der Waals surface area (Å²) in [6.07, 6.45) is 2.19. The number of nitrogens with zero attached hydrogens (tertiary/aromatic N) is 4. The Bertz CT molecular complexity index is 601. The molecular weight excluding hydrogens is 266 g/mol. The maximum atomic E-state index is 5.21. The standard InChI is InChI=1S/C15H23N5O/c1-10(2)15-18-17-14-5-4-12(9-20(14)15)7-16-8-13-6-11(3)19-21-13/h6,10,12,16H,4-5,7-9H2,1-3H3/t12-/m1/s1. The molecule has 1 atom stereocenters. The van der Waals surface area contributed by atoms with Crippen LogP contribution in [0.4, 0.5) is 0 Å². The van der Waals surface area contributed by atoms with Crippen molar-refractivity contribution in [3.8, 4) is 0 Å². The van der Waals surface area contributed by atoms with Crippen LogP contribution in [0.2, 0.25) is 0 Å². The van der Waals surface area contributed by atoms with E-state index in [1.807, 2.05) is 13.0 Å². The lowest BCUT2D eigenvalue weighted by atomic mass is 9.98.